The molecule has 1 fully saturated rings. The van der Waals surface area contributed by atoms with Crippen LogP contribution in [0, 0.1) is 11.8 Å². The molecule has 0 bridgehead atoms. The van der Waals surface area contributed by atoms with Crippen molar-refractivity contribution in [1.29, 1.82) is 0 Å². The van der Waals surface area contributed by atoms with Gasteiger partial charge in [0.1, 0.15) is 12.0 Å². The summed E-state index contributed by atoms with van der Waals surface area (Å²) in [5.74, 6) is 0.719. The number of esters is 1. The smallest absolute Gasteiger partial charge is 0.314 e. The zero-order chi connectivity index (χ0) is 15.9. The minimum atomic E-state index is -0.209. The molecule has 0 spiro atoms. The highest BCUT2D eigenvalue weighted by molar-refractivity contribution is 5.77. The lowest BCUT2D eigenvalue weighted by Crippen LogP contribution is -2.28. The summed E-state index contributed by atoms with van der Waals surface area (Å²) in [4.78, 5) is 26.7. The number of carbonyl (C=O) groups excluding carboxylic acids is 2. The van der Waals surface area contributed by atoms with Gasteiger partial charge in [-0.3, -0.25) is 14.6 Å². The number of nitrogens with two attached hydrogens (primary N) is 2. The molecular weight excluding hydrogens is 282 g/mol. The maximum absolute atomic E-state index is 12.1. The largest absolute Gasteiger partial charge is 0.426 e. The number of carbonyl (C=O) groups is 2. The first-order valence-electron chi connectivity index (χ1n) is 7.41. The zero-order valence-electron chi connectivity index (χ0n) is 12.4. The number of benzene rings is 1. The van der Waals surface area contributed by atoms with Crippen molar-refractivity contribution in [3.63, 3.8) is 0 Å². The number of nitrogens with zero attached hydrogens (tertiary/aromatic N) is 1. The van der Waals surface area contributed by atoms with Crippen LogP contribution in [0.5, 0.6) is 5.75 Å². The molecule has 1 aliphatic carbocycles. The summed E-state index contributed by atoms with van der Waals surface area (Å²) >= 11 is 0. The summed E-state index contributed by atoms with van der Waals surface area (Å²) in [6.45, 7) is 0.622. The number of guanidine groups is 1. The highest BCUT2D eigenvalue weighted by Crippen LogP contribution is 2.30. The van der Waals surface area contributed by atoms with Crippen molar-refractivity contribution in [2.45, 2.75) is 25.7 Å². The standard InChI is InChI=1S/C16H21N3O3/c17-16(18)19-9-11-1-5-13(6-2-11)15(21)22-14-7-3-12(10-20)4-8-14/h3-4,7-8,10-11,13H,1-2,5-6,9H2,(H4,17,18,19). The first-order chi connectivity index (χ1) is 10.6. The van der Waals surface area contributed by atoms with Crippen molar-refractivity contribution in [3.05, 3.63) is 29.8 Å². The predicted octanol–water partition coefficient (Wildman–Crippen LogP) is 1.48. The number of aliphatic imine (C=N–C) groups is 1. The van der Waals surface area contributed by atoms with Gasteiger partial charge in [-0.25, -0.2) is 0 Å². The van der Waals surface area contributed by atoms with Crippen molar-refractivity contribution >= 4 is 18.2 Å². The van der Waals surface area contributed by atoms with Gasteiger partial charge in [-0.05, 0) is 55.9 Å². The van der Waals surface area contributed by atoms with Crippen LogP contribution in [-0.2, 0) is 4.79 Å². The average Bonchev–Trinajstić information content (AvgIpc) is 2.54. The summed E-state index contributed by atoms with van der Waals surface area (Å²) in [6, 6.07) is 6.52. The highest BCUT2D eigenvalue weighted by atomic mass is 16.5. The van der Waals surface area contributed by atoms with Gasteiger partial charge in [-0.15, -0.1) is 0 Å². The Hall–Kier alpha value is -2.37. The van der Waals surface area contributed by atoms with E-state index in [0.717, 1.165) is 32.0 Å². The fourth-order valence-corrected chi connectivity index (χ4v) is 2.63. The molecule has 6 heteroatoms. The third-order valence-electron chi connectivity index (χ3n) is 3.95. The van der Waals surface area contributed by atoms with Crippen molar-refractivity contribution in [2.24, 2.45) is 28.3 Å². The van der Waals surface area contributed by atoms with Gasteiger partial charge in [0.2, 0.25) is 0 Å². The van der Waals surface area contributed by atoms with Gasteiger partial charge in [-0.2, -0.15) is 0 Å². The lowest BCUT2D eigenvalue weighted by atomic mass is 9.82. The molecule has 4 N–H and O–H groups in total. The Labute approximate surface area is 129 Å². The lowest BCUT2D eigenvalue weighted by Gasteiger charge is -2.26. The number of hydrogen-bond donors (Lipinski definition) is 2. The van der Waals surface area contributed by atoms with Crippen LogP contribution in [0.4, 0.5) is 0 Å². The Bertz CT molecular complexity index is 542. The molecule has 6 nitrogen and oxygen atoms in total. The third kappa shape index (κ3) is 4.58. The van der Waals surface area contributed by atoms with Crippen LogP contribution in [0.3, 0.4) is 0 Å². The summed E-state index contributed by atoms with van der Waals surface area (Å²) in [6.07, 6.45) is 4.16. The molecule has 0 aromatic heterocycles. The summed E-state index contributed by atoms with van der Waals surface area (Å²) < 4.78 is 5.36. The van der Waals surface area contributed by atoms with Gasteiger partial charge in [0.15, 0.2) is 5.96 Å². The quantitative estimate of drug-likeness (QED) is 0.282. The molecule has 0 heterocycles. The van der Waals surface area contributed by atoms with Crippen molar-refractivity contribution < 1.29 is 14.3 Å². The Morgan fingerprint density at radius 1 is 1.18 bits per heavy atom. The first kappa shape index (κ1) is 16.0. The predicted molar refractivity (Wildman–Crippen MR) is 83.6 cm³/mol. The molecule has 2 rings (SSSR count). The second-order valence-electron chi connectivity index (χ2n) is 5.59. The van der Waals surface area contributed by atoms with Crippen molar-refractivity contribution in [3.8, 4) is 5.75 Å². The summed E-state index contributed by atoms with van der Waals surface area (Å²) in [7, 11) is 0. The van der Waals surface area contributed by atoms with E-state index < -0.39 is 0 Å². The second-order valence-corrected chi connectivity index (χ2v) is 5.59. The molecule has 1 aromatic rings. The molecular formula is C16H21N3O3. The van der Waals surface area contributed by atoms with E-state index in [9.17, 15) is 9.59 Å². The van der Waals surface area contributed by atoms with E-state index in [1.54, 1.807) is 24.3 Å². The Kier molecular flexibility index (Phi) is 5.52. The second kappa shape index (κ2) is 7.59. The number of rotatable bonds is 5. The Morgan fingerprint density at radius 3 is 2.36 bits per heavy atom. The van der Waals surface area contributed by atoms with Crippen molar-refractivity contribution in [1.82, 2.24) is 0 Å². The maximum atomic E-state index is 12.1. The van der Waals surface area contributed by atoms with Gasteiger partial charge in [0.05, 0.1) is 5.92 Å². The molecule has 22 heavy (non-hydrogen) atoms. The van der Waals surface area contributed by atoms with Gasteiger partial charge in [-0.1, -0.05) is 0 Å². The van der Waals surface area contributed by atoms with E-state index in [2.05, 4.69) is 4.99 Å². The first-order valence-corrected chi connectivity index (χ1v) is 7.41. The molecule has 0 amide bonds. The van der Waals surface area contributed by atoms with Gasteiger partial charge >= 0.3 is 5.97 Å². The molecule has 0 aliphatic heterocycles. The van der Waals surface area contributed by atoms with Gasteiger partial charge < -0.3 is 16.2 Å². The summed E-state index contributed by atoms with van der Waals surface area (Å²) in [5.41, 5.74) is 11.2. The normalized spacial score (nSPS) is 20.9. The van der Waals surface area contributed by atoms with Gasteiger partial charge in [0, 0.05) is 12.1 Å². The maximum Gasteiger partial charge on any atom is 0.314 e. The van der Waals surface area contributed by atoms with E-state index in [1.807, 2.05) is 0 Å². The molecule has 0 saturated heterocycles. The minimum absolute atomic E-state index is 0.0822. The van der Waals surface area contributed by atoms with E-state index in [4.69, 9.17) is 16.2 Å². The molecule has 0 atom stereocenters. The van der Waals surface area contributed by atoms with E-state index in [0.29, 0.717) is 23.8 Å². The average molecular weight is 303 g/mol. The molecule has 1 saturated carbocycles. The molecule has 1 aromatic carbocycles. The fraction of sp³-hybridized carbons (Fsp3) is 0.438. The van der Waals surface area contributed by atoms with Crippen LogP contribution >= 0.6 is 0 Å². The van der Waals surface area contributed by atoms with Gasteiger partial charge in [0.25, 0.3) is 0 Å². The Morgan fingerprint density at radius 2 is 1.82 bits per heavy atom. The lowest BCUT2D eigenvalue weighted by molar-refractivity contribution is -0.140. The SMILES string of the molecule is NC(N)=NCC1CCC(C(=O)Oc2ccc(C=O)cc2)CC1. The fourth-order valence-electron chi connectivity index (χ4n) is 2.63. The number of hydrogen-bond acceptors (Lipinski definition) is 4. The monoisotopic (exact) mass is 303 g/mol. The van der Waals surface area contributed by atoms with Crippen LogP contribution in [-0.4, -0.2) is 24.8 Å². The zero-order valence-corrected chi connectivity index (χ0v) is 12.4. The van der Waals surface area contributed by atoms with Crippen LogP contribution < -0.4 is 16.2 Å². The molecule has 0 unspecified atom stereocenters. The van der Waals surface area contributed by atoms with E-state index in [1.165, 1.54) is 0 Å². The molecule has 0 radical (unpaired) electrons. The number of ether oxygens (including phenoxy) is 1. The third-order valence-corrected chi connectivity index (χ3v) is 3.95. The van der Waals surface area contributed by atoms with Crippen LogP contribution in [0.15, 0.2) is 29.3 Å². The van der Waals surface area contributed by atoms with E-state index in [-0.39, 0.29) is 17.8 Å². The number of aldehydes is 1. The molecule has 118 valence electrons. The van der Waals surface area contributed by atoms with E-state index >= 15 is 0 Å². The van der Waals surface area contributed by atoms with Crippen LogP contribution in [0.2, 0.25) is 0 Å². The van der Waals surface area contributed by atoms with Crippen LogP contribution in [0.25, 0.3) is 0 Å². The summed E-state index contributed by atoms with van der Waals surface area (Å²) in [5, 5.41) is 0. The van der Waals surface area contributed by atoms with Crippen LogP contribution in [0.1, 0.15) is 36.0 Å². The topological polar surface area (TPSA) is 108 Å². The molecule has 1 aliphatic rings. The van der Waals surface area contributed by atoms with Crippen molar-refractivity contribution in [2.75, 3.05) is 6.54 Å². The Balaban J connectivity index is 1.81. The minimum Gasteiger partial charge on any atom is -0.426 e. The highest BCUT2D eigenvalue weighted by Gasteiger charge is 2.27.